The number of hydrogen-bond acceptors (Lipinski definition) is 2. The zero-order valence-corrected chi connectivity index (χ0v) is 12.3. The molecule has 2 aromatic rings. The number of carbonyl (C=O) groups excluding carboxylic acids is 1. The molecule has 0 bridgehead atoms. The average Bonchev–Trinajstić information content (AvgIpc) is 2.91. The van der Waals surface area contributed by atoms with Gasteiger partial charge in [-0.2, -0.15) is 0 Å². The number of rotatable bonds is 4. The summed E-state index contributed by atoms with van der Waals surface area (Å²) >= 11 is 11.8. The normalized spacial score (nSPS) is 12.6. The van der Waals surface area contributed by atoms with Gasteiger partial charge in [-0.25, -0.2) is 0 Å². The summed E-state index contributed by atoms with van der Waals surface area (Å²) in [5.41, 5.74) is 0.733. The molecule has 1 aromatic carbocycles. The fourth-order valence-corrected chi connectivity index (χ4v) is 2.14. The molecule has 0 radical (unpaired) electrons. The summed E-state index contributed by atoms with van der Waals surface area (Å²) in [5.74, 6) is 0.483. The highest BCUT2D eigenvalue weighted by Gasteiger charge is 2.09. The van der Waals surface area contributed by atoms with Crippen LogP contribution in [0.25, 0.3) is 6.08 Å². The summed E-state index contributed by atoms with van der Waals surface area (Å²) in [6.07, 6.45) is 4.64. The van der Waals surface area contributed by atoms with Crippen LogP contribution in [-0.2, 0) is 4.79 Å². The molecule has 0 aliphatic heterocycles. The minimum absolute atomic E-state index is 0.192. The molecule has 0 aliphatic carbocycles. The molecule has 5 heteroatoms. The predicted molar refractivity (Wildman–Crippen MR) is 80.8 cm³/mol. The van der Waals surface area contributed by atoms with Gasteiger partial charge >= 0.3 is 0 Å². The second-order valence-electron chi connectivity index (χ2n) is 4.24. The standard InChI is InChI=1S/C15H13Cl2NO2/c1-10(14-3-2-8-20-14)18-15(19)7-5-11-4-6-12(16)9-13(11)17/h2-10H,1H3,(H,18,19)/b7-5+/t10-/m1/s1. The fraction of sp³-hybridized carbons (Fsp3) is 0.133. The van der Waals surface area contributed by atoms with Gasteiger partial charge in [-0.1, -0.05) is 29.3 Å². The predicted octanol–water partition coefficient (Wildman–Crippen LogP) is 4.48. The molecular weight excluding hydrogens is 297 g/mol. The van der Waals surface area contributed by atoms with E-state index in [1.165, 1.54) is 6.08 Å². The van der Waals surface area contributed by atoms with Crippen molar-refractivity contribution in [2.24, 2.45) is 0 Å². The first-order valence-corrected chi connectivity index (χ1v) is 6.79. The Hall–Kier alpha value is -1.71. The number of nitrogens with one attached hydrogen (secondary N) is 1. The summed E-state index contributed by atoms with van der Waals surface area (Å²) in [6.45, 7) is 1.85. The van der Waals surface area contributed by atoms with Gasteiger partial charge in [-0.05, 0) is 42.8 Å². The lowest BCUT2D eigenvalue weighted by molar-refractivity contribution is -0.117. The number of halogens is 2. The summed E-state index contributed by atoms with van der Waals surface area (Å²) in [5, 5.41) is 3.85. The van der Waals surface area contributed by atoms with Crippen LogP contribution in [0.3, 0.4) is 0 Å². The van der Waals surface area contributed by atoms with E-state index in [2.05, 4.69) is 5.32 Å². The van der Waals surface area contributed by atoms with Crippen molar-refractivity contribution in [2.45, 2.75) is 13.0 Å². The van der Waals surface area contributed by atoms with Crippen molar-refractivity contribution < 1.29 is 9.21 Å². The van der Waals surface area contributed by atoms with E-state index < -0.39 is 0 Å². The van der Waals surface area contributed by atoms with Crippen molar-refractivity contribution in [2.75, 3.05) is 0 Å². The molecular formula is C15H13Cl2NO2. The number of hydrogen-bond donors (Lipinski definition) is 1. The Kier molecular flexibility index (Phi) is 4.88. The second-order valence-corrected chi connectivity index (χ2v) is 5.09. The van der Waals surface area contributed by atoms with Crippen LogP contribution < -0.4 is 5.32 Å². The maximum absolute atomic E-state index is 11.8. The van der Waals surface area contributed by atoms with Gasteiger partial charge < -0.3 is 9.73 Å². The molecule has 3 nitrogen and oxygen atoms in total. The largest absolute Gasteiger partial charge is 0.467 e. The third-order valence-electron chi connectivity index (χ3n) is 2.71. The van der Waals surface area contributed by atoms with E-state index in [1.54, 1.807) is 36.6 Å². The lowest BCUT2D eigenvalue weighted by Crippen LogP contribution is -2.24. The maximum atomic E-state index is 11.8. The maximum Gasteiger partial charge on any atom is 0.244 e. The molecule has 104 valence electrons. The van der Waals surface area contributed by atoms with E-state index in [1.807, 2.05) is 13.0 Å². The van der Waals surface area contributed by atoms with Gasteiger partial charge in [0.05, 0.1) is 12.3 Å². The Balaban J connectivity index is 1.99. The molecule has 0 spiro atoms. The zero-order valence-electron chi connectivity index (χ0n) is 10.8. The summed E-state index contributed by atoms with van der Waals surface area (Å²) in [4.78, 5) is 11.8. The third-order valence-corrected chi connectivity index (χ3v) is 3.27. The van der Waals surface area contributed by atoms with Crippen LogP contribution in [0.1, 0.15) is 24.3 Å². The van der Waals surface area contributed by atoms with Gasteiger partial charge in [0.25, 0.3) is 0 Å². The van der Waals surface area contributed by atoms with Crippen molar-refractivity contribution in [3.8, 4) is 0 Å². The molecule has 1 atom stereocenters. The van der Waals surface area contributed by atoms with Crippen LogP contribution in [0, 0.1) is 0 Å². The zero-order chi connectivity index (χ0) is 14.5. The van der Waals surface area contributed by atoms with E-state index in [-0.39, 0.29) is 11.9 Å². The first-order chi connectivity index (χ1) is 9.56. The molecule has 1 heterocycles. The second kappa shape index (κ2) is 6.64. The fourth-order valence-electron chi connectivity index (χ4n) is 1.67. The number of carbonyl (C=O) groups is 1. The van der Waals surface area contributed by atoms with Crippen LogP contribution in [-0.4, -0.2) is 5.91 Å². The smallest absolute Gasteiger partial charge is 0.244 e. The van der Waals surface area contributed by atoms with Gasteiger partial charge in [0.1, 0.15) is 5.76 Å². The third kappa shape index (κ3) is 3.89. The van der Waals surface area contributed by atoms with Crippen LogP contribution in [0.4, 0.5) is 0 Å². The number of amides is 1. The lowest BCUT2D eigenvalue weighted by atomic mass is 10.2. The Morgan fingerprint density at radius 1 is 1.35 bits per heavy atom. The molecule has 0 saturated carbocycles. The molecule has 0 fully saturated rings. The first kappa shape index (κ1) is 14.7. The van der Waals surface area contributed by atoms with Crippen LogP contribution in [0.2, 0.25) is 10.0 Å². The topological polar surface area (TPSA) is 42.2 Å². The lowest BCUT2D eigenvalue weighted by Gasteiger charge is -2.09. The molecule has 1 aromatic heterocycles. The van der Waals surface area contributed by atoms with Gasteiger partial charge in [0.15, 0.2) is 0 Å². The Morgan fingerprint density at radius 2 is 2.15 bits per heavy atom. The van der Waals surface area contributed by atoms with Gasteiger partial charge in [0.2, 0.25) is 5.91 Å². The van der Waals surface area contributed by atoms with Crippen molar-refractivity contribution in [3.63, 3.8) is 0 Å². The highest BCUT2D eigenvalue weighted by molar-refractivity contribution is 6.35. The van der Waals surface area contributed by atoms with E-state index in [9.17, 15) is 4.79 Å². The van der Waals surface area contributed by atoms with E-state index in [0.29, 0.717) is 15.8 Å². The van der Waals surface area contributed by atoms with Gasteiger partial charge in [-0.3, -0.25) is 4.79 Å². The monoisotopic (exact) mass is 309 g/mol. The number of furan rings is 1. The summed E-state index contributed by atoms with van der Waals surface area (Å²) in [6, 6.07) is 8.50. The van der Waals surface area contributed by atoms with Crippen molar-refractivity contribution in [1.29, 1.82) is 0 Å². The molecule has 0 unspecified atom stereocenters. The molecule has 20 heavy (non-hydrogen) atoms. The molecule has 1 amide bonds. The highest BCUT2D eigenvalue weighted by atomic mass is 35.5. The molecule has 1 N–H and O–H groups in total. The first-order valence-electron chi connectivity index (χ1n) is 6.03. The van der Waals surface area contributed by atoms with Gasteiger partial charge in [-0.15, -0.1) is 0 Å². The quantitative estimate of drug-likeness (QED) is 0.846. The SMILES string of the molecule is C[C@@H](NC(=O)/C=C/c1ccc(Cl)cc1Cl)c1ccco1. The van der Waals surface area contributed by atoms with Gasteiger partial charge in [0, 0.05) is 16.1 Å². The van der Waals surface area contributed by atoms with E-state index >= 15 is 0 Å². The minimum atomic E-state index is -0.222. The Labute approximate surface area is 127 Å². The number of benzene rings is 1. The Morgan fingerprint density at radius 3 is 2.80 bits per heavy atom. The van der Waals surface area contributed by atoms with Crippen LogP contribution in [0.15, 0.2) is 47.1 Å². The minimum Gasteiger partial charge on any atom is -0.467 e. The van der Waals surface area contributed by atoms with Crippen molar-refractivity contribution >= 4 is 35.2 Å². The van der Waals surface area contributed by atoms with E-state index in [0.717, 1.165) is 5.56 Å². The molecule has 0 aliphatic rings. The van der Waals surface area contributed by atoms with E-state index in [4.69, 9.17) is 27.6 Å². The Bertz CT molecular complexity index is 621. The van der Waals surface area contributed by atoms with Crippen LogP contribution in [0.5, 0.6) is 0 Å². The van der Waals surface area contributed by atoms with Crippen molar-refractivity contribution in [3.05, 3.63) is 64.0 Å². The highest BCUT2D eigenvalue weighted by Crippen LogP contribution is 2.22. The van der Waals surface area contributed by atoms with Crippen LogP contribution >= 0.6 is 23.2 Å². The summed E-state index contributed by atoms with van der Waals surface area (Å²) < 4.78 is 5.22. The molecule has 0 saturated heterocycles. The molecule has 2 rings (SSSR count). The average molecular weight is 310 g/mol. The van der Waals surface area contributed by atoms with Crippen molar-refractivity contribution in [1.82, 2.24) is 5.32 Å². The summed E-state index contributed by atoms with van der Waals surface area (Å²) in [7, 11) is 0.